The van der Waals surface area contributed by atoms with Crippen LogP contribution in [0.15, 0.2) is 41.3 Å². The minimum atomic E-state index is -3.98. The summed E-state index contributed by atoms with van der Waals surface area (Å²) in [6.45, 7) is 3.59. The van der Waals surface area contributed by atoms with Crippen molar-refractivity contribution in [1.82, 2.24) is 4.72 Å². The number of hydrogen-bond acceptors (Lipinski definition) is 4. The van der Waals surface area contributed by atoms with E-state index >= 15 is 0 Å². The second-order valence-electron chi connectivity index (χ2n) is 5.48. The summed E-state index contributed by atoms with van der Waals surface area (Å²) in [4.78, 5) is 12.2. The topological polar surface area (TPSA) is 84.5 Å². The molecule has 0 aliphatic heterocycles. The highest BCUT2D eigenvalue weighted by atomic mass is 35.5. The molecule has 27 heavy (non-hydrogen) atoms. The summed E-state index contributed by atoms with van der Waals surface area (Å²) in [5.41, 5.74) is 0.282. The molecule has 0 aliphatic rings. The fraction of sp³-hybridized carbons (Fsp3) is 0.235. The smallest absolute Gasteiger partial charge is 0.242 e. The summed E-state index contributed by atoms with van der Waals surface area (Å²) in [6.07, 6.45) is 0. The molecular formula is C17H17Cl3N2O4S. The summed E-state index contributed by atoms with van der Waals surface area (Å²) in [5.74, 6) is -0.223. The number of anilines is 1. The zero-order valence-electron chi connectivity index (χ0n) is 14.4. The predicted molar refractivity (Wildman–Crippen MR) is 107 cm³/mol. The fourth-order valence-electron chi connectivity index (χ4n) is 2.11. The molecule has 0 saturated heterocycles. The van der Waals surface area contributed by atoms with Gasteiger partial charge in [0.15, 0.2) is 0 Å². The van der Waals surface area contributed by atoms with Crippen LogP contribution >= 0.6 is 34.8 Å². The third-order valence-electron chi connectivity index (χ3n) is 3.42. The third kappa shape index (κ3) is 5.73. The van der Waals surface area contributed by atoms with E-state index in [-0.39, 0.29) is 20.6 Å². The van der Waals surface area contributed by atoms with E-state index in [0.717, 1.165) is 0 Å². The lowest BCUT2D eigenvalue weighted by molar-refractivity contribution is -0.117. The molecule has 6 nitrogen and oxygen atoms in total. The number of carbonyl (C=O) groups is 1. The van der Waals surface area contributed by atoms with Crippen molar-refractivity contribution in [3.8, 4) is 5.75 Å². The quantitative estimate of drug-likeness (QED) is 0.655. The maximum Gasteiger partial charge on any atom is 0.242 e. The van der Waals surface area contributed by atoms with Crippen LogP contribution in [-0.2, 0) is 14.8 Å². The zero-order chi connectivity index (χ0) is 20.2. The monoisotopic (exact) mass is 450 g/mol. The van der Waals surface area contributed by atoms with E-state index in [9.17, 15) is 13.2 Å². The van der Waals surface area contributed by atoms with E-state index in [2.05, 4.69) is 10.0 Å². The van der Waals surface area contributed by atoms with Crippen molar-refractivity contribution >= 4 is 56.4 Å². The molecule has 2 rings (SSSR count). The lowest BCUT2D eigenvalue weighted by atomic mass is 10.3. The molecule has 1 atom stereocenters. The largest absolute Gasteiger partial charge is 0.492 e. The van der Waals surface area contributed by atoms with Gasteiger partial charge in [-0.05, 0) is 50.2 Å². The van der Waals surface area contributed by atoms with Gasteiger partial charge in [-0.15, -0.1) is 0 Å². The van der Waals surface area contributed by atoms with E-state index in [1.807, 2.05) is 0 Å². The van der Waals surface area contributed by atoms with Gasteiger partial charge >= 0.3 is 0 Å². The van der Waals surface area contributed by atoms with E-state index < -0.39 is 22.0 Å². The van der Waals surface area contributed by atoms with Gasteiger partial charge in [0.1, 0.15) is 5.75 Å². The van der Waals surface area contributed by atoms with Gasteiger partial charge in [-0.25, -0.2) is 8.42 Å². The van der Waals surface area contributed by atoms with Crippen LogP contribution in [0.25, 0.3) is 0 Å². The Balaban J connectivity index is 2.13. The number of sulfonamides is 1. The molecule has 0 aliphatic carbocycles. The Hall–Kier alpha value is -1.51. The number of amides is 1. The van der Waals surface area contributed by atoms with Gasteiger partial charge in [-0.3, -0.25) is 4.79 Å². The highest BCUT2D eigenvalue weighted by Gasteiger charge is 2.23. The molecule has 0 saturated carbocycles. The van der Waals surface area contributed by atoms with Crippen molar-refractivity contribution in [2.75, 3.05) is 11.9 Å². The molecular weight excluding hydrogens is 435 g/mol. The van der Waals surface area contributed by atoms with Crippen molar-refractivity contribution in [1.29, 1.82) is 0 Å². The van der Waals surface area contributed by atoms with Crippen LogP contribution in [0, 0.1) is 0 Å². The van der Waals surface area contributed by atoms with Crippen LogP contribution in [0.3, 0.4) is 0 Å². The molecule has 0 bridgehead atoms. The van der Waals surface area contributed by atoms with Gasteiger partial charge in [0.2, 0.25) is 15.9 Å². The normalized spacial score (nSPS) is 12.5. The highest BCUT2D eigenvalue weighted by Crippen LogP contribution is 2.28. The van der Waals surface area contributed by atoms with Gasteiger partial charge in [0.25, 0.3) is 0 Å². The standard InChI is InChI=1S/C17H17Cl3N2O4S/c1-3-26-16-7-5-12(9-14(16)20)27(24,25)22-10(2)17(23)21-15-8-11(18)4-6-13(15)19/h4-10,22H,3H2,1-2H3,(H,21,23)/t10-/m1/s1. The molecule has 0 fully saturated rings. The van der Waals surface area contributed by atoms with Gasteiger partial charge in [0.05, 0.1) is 33.3 Å². The Morgan fingerprint density at radius 1 is 1.11 bits per heavy atom. The lowest BCUT2D eigenvalue weighted by Gasteiger charge is -2.16. The molecule has 0 radical (unpaired) electrons. The van der Waals surface area contributed by atoms with Gasteiger partial charge in [-0.1, -0.05) is 34.8 Å². The molecule has 0 spiro atoms. The number of rotatable bonds is 7. The molecule has 0 unspecified atom stereocenters. The van der Waals surface area contributed by atoms with Gasteiger partial charge < -0.3 is 10.1 Å². The van der Waals surface area contributed by atoms with Crippen LogP contribution in [0.1, 0.15) is 13.8 Å². The number of hydrogen-bond donors (Lipinski definition) is 2. The minimum Gasteiger partial charge on any atom is -0.492 e. The summed E-state index contributed by atoms with van der Waals surface area (Å²) in [5, 5.41) is 3.35. The number of halogens is 3. The second-order valence-corrected chi connectivity index (χ2v) is 8.45. The van der Waals surface area contributed by atoms with E-state index in [1.54, 1.807) is 13.0 Å². The molecule has 146 valence electrons. The predicted octanol–water partition coefficient (Wildman–Crippen LogP) is 4.35. The van der Waals surface area contributed by atoms with Crippen LogP contribution in [0.2, 0.25) is 15.1 Å². The number of carbonyl (C=O) groups excluding carboxylic acids is 1. The molecule has 2 N–H and O–H groups in total. The summed E-state index contributed by atoms with van der Waals surface area (Å²) < 4.78 is 32.6. The SMILES string of the molecule is CCOc1ccc(S(=O)(=O)N[C@H](C)C(=O)Nc2cc(Cl)ccc2Cl)cc1Cl. The number of ether oxygens (including phenoxy) is 1. The Labute approximate surface area is 172 Å². The summed E-state index contributed by atoms with van der Waals surface area (Å²) >= 11 is 17.9. The third-order valence-corrected chi connectivity index (χ3v) is 5.82. The van der Waals surface area contributed by atoms with Crippen molar-refractivity contribution in [2.24, 2.45) is 0 Å². The molecule has 0 heterocycles. The van der Waals surface area contributed by atoms with Crippen molar-refractivity contribution in [3.05, 3.63) is 51.5 Å². The van der Waals surface area contributed by atoms with Crippen LogP contribution in [0.5, 0.6) is 5.75 Å². The van der Waals surface area contributed by atoms with E-state index in [1.165, 1.54) is 37.3 Å². The summed E-state index contributed by atoms with van der Waals surface area (Å²) in [6, 6.07) is 7.55. The van der Waals surface area contributed by atoms with Crippen molar-refractivity contribution in [3.63, 3.8) is 0 Å². The van der Waals surface area contributed by atoms with E-state index in [0.29, 0.717) is 17.4 Å². The second kappa shape index (κ2) is 9.12. The molecule has 10 heteroatoms. The zero-order valence-corrected chi connectivity index (χ0v) is 17.5. The first kappa shape index (κ1) is 21.8. The highest BCUT2D eigenvalue weighted by molar-refractivity contribution is 7.89. The first-order valence-electron chi connectivity index (χ1n) is 7.84. The Morgan fingerprint density at radius 3 is 2.44 bits per heavy atom. The maximum absolute atomic E-state index is 12.5. The Kier molecular flexibility index (Phi) is 7.36. The maximum atomic E-state index is 12.5. The fourth-order valence-corrected chi connectivity index (χ4v) is 3.98. The van der Waals surface area contributed by atoms with Crippen molar-refractivity contribution < 1.29 is 17.9 Å². The average molecular weight is 452 g/mol. The van der Waals surface area contributed by atoms with E-state index in [4.69, 9.17) is 39.5 Å². The number of nitrogens with one attached hydrogen (secondary N) is 2. The first-order valence-corrected chi connectivity index (χ1v) is 10.5. The van der Waals surface area contributed by atoms with Crippen LogP contribution in [-0.4, -0.2) is 27.0 Å². The Bertz CT molecular complexity index is 951. The molecule has 2 aromatic rings. The van der Waals surface area contributed by atoms with Crippen LogP contribution in [0.4, 0.5) is 5.69 Å². The lowest BCUT2D eigenvalue weighted by Crippen LogP contribution is -2.41. The summed E-state index contributed by atoms with van der Waals surface area (Å²) in [7, 11) is -3.98. The molecule has 0 aromatic heterocycles. The molecule has 1 amide bonds. The number of benzene rings is 2. The molecule has 2 aromatic carbocycles. The van der Waals surface area contributed by atoms with Crippen LogP contribution < -0.4 is 14.8 Å². The van der Waals surface area contributed by atoms with Gasteiger partial charge in [-0.2, -0.15) is 4.72 Å². The van der Waals surface area contributed by atoms with Crippen molar-refractivity contribution in [2.45, 2.75) is 24.8 Å². The Morgan fingerprint density at radius 2 is 1.81 bits per heavy atom. The van der Waals surface area contributed by atoms with Gasteiger partial charge in [0, 0.05) is 5.02 Å². The average Bonchev–Trinajstić information content (AvgIpc) is 2.59. The minimum absolute atomic E-state index is 0.0867. The first-order chi connectivity index (χ1) is 12.6.